The molecule has 0 unspecified atom stereocenters. The van der Waals surface area contributed by atoms with Gasteiger partial charge in [-0.05, 0) is 30.9 Å². The third kappa shape index (κ3) is 6.37. The lowest BCUT2D eigenvalue weighted by Gasteiger charge is -2.20. The van der Waals surface area contributed by atoms with E-state index in [-0.39, 0.29) is 24.3 Å². The van der Waals surface area contributed by atoms with Crippen LogP contribution < -0.4 is 10.6 Å². The quantitative estimate of drug-likeness (QED) is 0.393. The molecule has 36 heavy (non-hydrogen) atoms. The molecule has 0 bridgehead atoms. The Balaban J connectivity index is 1.49. The van der Waals surface area contributed by atoms with Crippen LogP contribution >= 0.6 is 0 Å². The minimum absolute atomic E-state index is 0.0819. The fourth-order valence-corrected chi connectivity index (χ4v) is 4.89. The SMILES string of the molecule is CCCCCCCNC(=O)Cc1nc(C)nc(NCc2cccc3c2CCC3(F)F)c1C1OCCO1. The van der Waals surface area contributed by atoms with Crippen LogP contribution in [0.2, 0.25) is 0 Å². The molecular formula is C27H36F2N4O3. The molecular weight excluding hydrogens is 466 g/mol. The van der Waals surface area contributed by atoms with Crippen LogP contribution in [0.25, 0.3) is 0 Å². The summed E-state index contributed by atoms with van der Waals surface area (Å²) in [6.45, 7) is 5.76. The number of hydrogen-bond donors (Lipinski definition) is 2. The zero-order valence-electron chi connectivity index (χ0n) is 21.2. The molecule has 9 heteroatoms. The summed E-state index contributed by atoms with van der Waals surface area (Å²) in [4.78, 5) is 21.8. The number of hydrogen-bond acceptors (Lipinski definition) is 6. The number of anilines is 1. The summed E-state index contributed by atoms with van der Waals surface area (Å²) in [5.41, 5.74) is 2.74. The number of carbonyl (C=O) groups is 1. The second-order valence-corrected chi connectivity index (χ2v) is 9.50. The van der Waals surface area contributed by atoms with E-state index in [9.17, 15) is 13.6 Å². The molecule has 0 saturated carbocycles. The Morgan fingerprint density at radius 1 is 1.14 bits per heavy atom. The number of ether oxygens (including phenoxy) is 2. The summed E-state index contributed by atoms with van der Waals surface area (Å²) >= 11 is 0. The number of benzene rings is 1. The predicted molar refractivity (Wildman–Crippen MR) is 133 cm³/mol. The first-order valence-corrected chi connectivity index (χ1v) is 13.0. The van der Waals surface area contributed by atoms with E-state index in [4.69, 9.17) is 9.47 Å². The number of aromatic nitrogens is 2. The van der Waals surface area contributed by atoms with Crippen LogP contribution in [0.4, 0.5) is 14.6 Å². The molecule has 1 saturated heterocycles. The number of amides is 1. The fraction of sp³-hybridized carbons (Fsp3) is 0.593. The lowest BCUT2D eigenvalue weighted by Crippen LogP contribution is -2.28. The lowest BCUT2D eigenvalue weighted by atomic mass is 10.0. The molecule has 1 aromatic heterocycles. The van der Waals surface area contributed by atoms with Crippen molar-refractivity contribution in [2.75, 3.05) is 25.1 Å². The van der Waals surface area contributed by atoms with Crippen molar-refractivity contribution in [2.24, 2.45) is 0 Å². The number of unbranched alkanes of at least 4 members (excludes halogenated alkanes) is 4. The zero-order chi connectivity index (χ0) is 25.5. The molecule has 2 aliphatic rings. The molecule has 1 aromatic carbocycles. The molecule has 0 radical (unpaired) electrons. The van der Waals surface area contributed by atoms with E-state index in [1.165, 1.54) is 25.3 Å². The van der Waals surface area contributed by atoms with Crippen LogP contribution in [0.5, 0.6) is 0 Å². The Bertz CT molecular complexity index is 1060. The maximum atomic E-state index is 14.2. The Morgan fingerprint density at radius 2 is 1.92 bits per heavy atom. The highest BCUT2D eigenvalue weighted by Gasteiger charge is 2.39. The minimum Gasteiger partial charge on any atom is -0.365 e. The van der Waals surface area contributed by atoms with E-state index in [0.717, 1.165) is 18.4 Å². The third-order valence-electron chi connectivity index (χ3n) is 6.73. The van der Waals surface area contributed by atoms with Crippen molar-refractivity contribution in [3.8, 4) is 0 Å². The van der Waals surface area contributed by atoms with Crippen molar-refractivity contribution >= 4 is 11.7 Å². The Kier molecular flexibility index (Phi) is 8.85. The van der Waals surface area contributed by atoms with E-state index < -0.39 is 12.2 Å². The number of rotatable bonds is 12. The van der Waals surface area contributed by atoms with Crippen molar-refractivity contribution in [1.29, 1.82) is 0 Å². The van der Waals surface area contributed by atoms with E-state index in [1.807, 2.05) is 6.07 Å². The van der Waals surface area contributed by atoms with Gasteiger partial charge in [0.2, 0.25) is 5.91 Å². The van der Waals surface area contributed by atoms with Gasteiger partial charge in [-0.3, -0.25) is 4.79 Å². The van der Waals surface area contributed by atoms with Crippen molar-refractivity contribution in [1.82, 2.24) is 15.3 Å². The van der Waals surface area contributed by atoms with Gasteiger partial charge in [-0.1, -0.05) is 50.8 Å². The van der Waals surface area contributed by atoms with Crippen molar-refractivity contribution in [2.45, 2.75) is 84.0 Å². The highest BCUT2D eigenvalue weighted by Crippen LogP contribution is 2.43. The number of nitrogens with one attached hydrogen (secondary N) is 2. The van der Waals surface area contributed by atoms with Gasteiger partial charge < -0.3 is 20.1 Å². The van der Waals surface area contributed by atoms with E-state index in [0.29, 0.717) is 61.2 Å². The van der Waals surface area contributed by atoms with Crippen LogP contribution in [-0.2, 0) is 39.6 Å². The van der Waals surface area contributed by atoms with Crippen molar-refractivity contribution in [3.63, 3.8) is 0 Å². The molecule has 1 aliphatic heterocycles. The molecule has 4 rings (SSSR count). The van der Waals surface area contributed by atoms with Crippen LogP contribution in [0.1, 0.15) is 85.5 Å². The molecule has 2 heterocycles. The van der Waals surface area contributed by atoms with Gasteiger partial charge in [0.15, 0.2) is 6.29 Å². The van der Waals surface area contributed by atoms with E-state index in [1.54, 1.807) is 13.0 Å². The smallest absolute Gasteiger partial charge is 0.273 e. The monoisotopic (exact) mass is 502 g/mol. The van der Waals surface area contributed by atoms with Gasteiger partial charge in [-0.15, -0.1) is 0 Å². The molecule has 0 spiro atoms. The Morgan fingerprint density at radius 3 is 2.69 bits per heavy atom. The number of carbonyl (C=O) groups excluding carboxylic acids is 1. The summed E-state index contributed by atoms with van der Waals surface area (Å²) in [5, 5.41) is 6.29. The van der Waals surface area contributed by atoms with Gasteiger partial charge in [0.05, 0.1) is 30.9 Å². The number of nitrogens with zero attached hydrogens (tertiary/aromatic N) is 2. The number of fused-ring (bicyclic) bond motifs is 1. The summed E-state index contributed by atoms with van der Waals surface area (Å²) < 4.78 is 40.0. The molecule has 2 aromatic rings. The molecule has 1 aliphatic carbocycles. The van der Waals surface area contributed by atoms with Crippen LogP contribution in [0.3, 0.4) is 0 Å². The maximum absolute atomic E-state index is 14.2. The van der Waals surface area contributed by atoms with Crippen LogP contribution in [0, 0.1) is 6.92 Å². The first-order valence-electron chi connectivity index (χ1n) is 13.0. The summed E-state index contributed by atoms with van der Waals surface area (Å²) in [6.07, 6.45) is 5.19. The molecule has 1 fully saturated rings. The van der Waals surface area contributed by atoms with Crippen molar-refractivity contribution in [3.05, 3.63) is 52.0 Å². The molecule has 0 atom stereocenters. The normalized spacial score (nSPS) is 16.8. The summed E-state index contributed by atoms with van der Waals surface area (Å²) in [7, 11) is 0. The van der Waals surface area contributed by atoms with Gasteiger partial charge >= 0.3 is 0 Å². The number of halogens is 2. The number of aryl methyl sites for hydroxylation is 1. The lowest BCUT2D eigenvalue weighted by molar-refractivity contribution is -0.120. The second-order valence-electron chi connectivity index (χ2n) is 9.50. The zero-order valence-corrected chi connectivity index (χ0v) is 21.2. The predicted octanol–water partition coefficient (Wildman–Crippen LogP) is 5.11. The molecule has 196 valence electrons. The molecule has 1 amide bonds. The maximum Gasteiger partial charge on any atom is 0.273 e. The van der Waals surface area contributed by atoms with Crippen LogP contribution in [0.15, 0.2) is 18.2 Å². The highest BCUT2D eigenvalue weighted by atomic mass is 19.3. The topological polar surface area (TPSA) is 85.4 Å². The van der Waals surface area contributed by atoms with Gasteiger partial charge in [-0.25, -0.2) is 18.7 Å². The summed E-state index contributed by atoms with van der Waals surface area (Å²) in [6, 6.07) is 5.04. The largest absolute Gasteiger partial charge is 0.365 e. The van der Waals surface area contributed by atoms with Gasteiger partial charge in [0.25, 0.3) is 5.92 Å². The second kappa shape index (κ2) is 12.1. The average molecular weight is 503 g/mol. The fourth-order valence-electron chi connectivity index (χ4n) is 4.89. The minimum atomic E-state index is -2.79. The first kappa shape index (κ1) is 26.4. The van der Waals surface area contributed by atoms with Gasteiger partial charge in [0.1, 0.15) is 11.6 Å². The van der Waals surface area contributed by atoms with Gasteiger partial charge in [0, 0.05) is 25.1 Å². The first-order chi connectivity index (χ1) is 17.4. The average Bonchev–Trinajstić information content (AvgIpc) is 3.48. The van der Waals surface area contributed by atoms with E-state index >= 15 is 0 Å². The molecule has 7 nitrogen and oxygen atoms in total. The third-order valence-corrected chi connectivity index (χ3v) is 6.73. The molecule has 2 N–H and O–H groups in total. The van der Waals surface area contributed by atoms with Crippen LogP contribution in [-0.4, -0.2) is 35.6 Å². The Labute approximate surface area is 211 Å². The standard InChI is InChI=1S/C27H36F2N4O3/c1-3-4-5-6-7-13-30-23(34)16-22-24(26-35-14-15-36-26)25(33-18(2)32-22)31-17-19-9-8-10-21-20(19)11-12-27(21,28)29/h8-10,26H,3-7,11-17H2,1-2H3,(H,30,34)(H,31,32,33). The van der Waals surface area contributed by atoms with E-state index in [2.05, 4.69) is 27.5 Å². The summed E-state index contributed by atoms with van der Waals surface area (Å²) in [5.74, 6) is -1.90. The highest BCUT2D eigenvalue weighted by molar-refractivity contribution is 5.79. The van der Waals surface area contributed by atoms with Crippen molar-refractivity contribution < 1.29 is 23.0 Å². The van der Waals surface area contributed by atoms with Gasteiger partial charge in [-0.2, -0.15) is 0 Å². The Hall–Kier alpha value is -2.65. The number of alkyl halides is 2.